The predicted molar refractivity (Wildman–Crippen MR) is 68.1 cm³/mol. The number of nitrogen functional groups attached to an aromatic ring is 1. The Bertz CT molecular complexity index is 321. The molecule has 0 radical (unpaired) electrons. The standard InChI is InChI=1S/C9H13BrN4S/c10-7-4-8(11)14-9(13-7)12-5-6-2-1-3-15-6/h4,6H,1-3,5H2,(H3,11,12,13,14). The third-order valence-corrected chi connectivity index (χ3v) is 4.03. The third kappa shape index (κ3) is 3.24. The van der Waals surface area contributed by atoms with Gasteiger partial charge in [-0.25, -0.2) is 4.98 Å². The lowest BCUT2D eigenvalue weighted by molar-refractivity contribution is 0.800. The highest BCUT2D eigenvalue weighted by atomic mass is 79.9. The van der Waals surface area contributed by atoms with Crippen LogP contribution < -0.4 is 11.1 Å². The van der Waals surface area contributed by atoms with Gasteiger partial charge in [0.2, 0.25) is 5.95 Å². The van der Waals surface area contributed by atoms with Crippen molar-refractivity contribution < 1.29 is 0 Å². The fourth-order valence-corrected chi connectivity index (χ4v) is 3.13. The van der Waals surface area contributed by atoms with E-state index in [-0.39, 0.29) is 0 Å². The number of hydrogen-bond donors (Lipinski definition) is 2. The van der Waals surface area contributed by atoms with E-state index in [0.717, 1.165) is 11.1 Å². The van der Waals surface area contributed by atoms with Crippen LogP contribution in [0.1, 0.15) is 12.8 Å². The molecule has 2 heterocycles. The molecule has 1 aromatic rings. The van der Waals surface area contributed by atoms with E-state index in [1.54, 1.807) is 6.07 Å². The highest BCUT2D eigenvalue weighted by molar-refractivity contribution is 9.10. The maximum absolute atomic E-state index is 5.62. The largest absolute Gasteiger partial charge is 0.383 e. The quantitative estimate of drug-likeness (QED) is 0.835. The minimum Gasteiger partial charge on any atom is -0.383 e. The van der Waals surface area contributed by atoms with Crippen LogP contribution in [0.2, 0.25) is 0 Å². The van der Waals surface area contributed by atoms with Crippen LogP contribution in [-0.4, -0.2) is 27.5 Å². The first-order valence-electron chi connectivity index (χ1n) is 4.89. The van der Waals surface area contributed by atoms with Crippen LogP contribution in [0.4, 0.5) is 11.8 Å². The summed E-state index contributed by atoms with van der Waals surface area (Å²) in [5.74, 6) is 2.36. The van der Waals surface area contributed by atoms with Gasteiger partial charge in [0, 0.05) is 17.9 Å². The van der Waals surface area contributed by atoms with E-state index in [0.29, 0.717) is 17.0 Å². The summed E-state index contributed by atoms with van der Waals surface area (Å²) < 4.78 is 0.719. The molecule has 0 spiro atoms. The number of aromatic nitrogens is 2. The van der Waals surface area contributed by atoms with Crippen molar-refractivity contribution in [1.29, 1.82) is 0 Å². The number of nitrogens with zero attached hydrogens (tertiary/aromatic N) is 2. The first kappa shape index (κ1) is 11.0. The predicted octanol–water partition coefficient (Wildman–Crippen LogP) is 2.13. The average molecular weight is 289 g/mol. The Kier molecular flexibility index (Phi) is 3.69. The highest BCUT2D eigenvalue weighted by Crippen LogP contribution is 2.26. The van der Waals surface area contributed by atoms with E-state index in [1.807, 2.05) is 11.8 Å². The van der Waals surface area contributed by atoms with Crippen molar-refractivity contribution in [2.75, 3.05) is 23.3 Å². The summed E-state index contributed by atoms with van der Waals surface area (Å²) >= 11 is 5.30. The van der Waals surface area contributed by atoms with Crippen molar-refractivity contribution in [3.63, 3.8) is 0 Å². The van der Waals surface area contributed by atoms with Crippen LogP contribution >= 0.6 is 27.7 Å². The zero-order valence-corrected chi connectivity index (χ0v) is 10.6. The third-order valence-electron chi connectivity index (χ3n) is 2.23. The van der Waals surface area contributed by atoms with Crippen molar-refractivity contribution in [1.82, 2.24) is 9.97 Å². The van der Waals surface area contributed by atoms with Gasteiger partial charge >= 0.3 is 0 Å². The fraction of sp³-hybridized carbons (Fsp3) is 0.556. The van der Waals surface area contributed by atoms with Crippen LogP contribution in [0.25, 0.3) is 0 Å². The molecule has 4 nitrogen and oxygen atoms in total. The second-order valence-corrected chi connectivity index (χ2v) is 5.68. The van der Waals surface area contributed by atoms with Gasteiger partial charge < -0.3 is 11.1 Å². The Morgan fingerprint density at radius 3 is 3.13 bits per heavy atom. The van der Waals surface area contributed by atoms with E-state index >= 15 is 0 Å². The molecular weight excluding hydrogens is 276 g/mol. The number of anilines is 2. The maximum atomic E-state index is 5.62. The van der Waals surface area contributed by atoms with Crippen molar-refractivity contribution in [2.45, 2.75) is 18.1 Å². The second-order valence-electron chi connectivity index (χ2n) is 3.46. The number of thioether (sulfide) groups is 1. The molecule has 1 saturated heterocycles. The van der Waals surface area contributed by atoms with Crippen LogP contribution in [-0.2, 0) is 0 Å². The van der Waals surface area contributed by atoms with Gasteiger partial charge in [-0.15, -0.1) is 0 Å². The first-order chi connectivity index (χ1) is 7.24. The normalized spacial score (nSPS) is 20.5. The molecule has 15 heavy (non-hydrogen) atoms. The topological polar surface area (TPSA) is 63.8 Å². The molecule has 2 rings (SSSR count). The van der Waals surface area contributed by atoms with Crippen molar-refractivity contribution in [3.05, 3.63) is 10.7 Å². The number of halogens is 1. The van der Waals surface area contributed by atoms with Gasteiger partial charge in [0.1, 0.15) is 10.4 Å². The molecule has 1 aliphatic rings. The zero-order valence-electron chi connectivity index (χ0n) is 8.24. The van der Waals surface area contributed by atoms with Crippen LogP contribution in [0, 0.1) is 0 Å². The summed E-state index contributed by atoms with van der Waals surface area (Å²) in [6.45, 7) is 0.917. The Labute approximate surface area is 102 Å². The molecule has 3 N–H and O–H groups in total. The molecule has 0 bridgehead atoms. The molecule has 82 valence electrons. The van der Waals surface area contributed by atoms with Gasteiger partial charge in [-0.2, -0.15) is 16.7 Å². The van der Waals surface area contributed by atoms with E-state index in [1.165, 1.54) is 18.6 Å². The first-order valence-corrected chi connectivity index (χ1v) is 6.74. The number of nitrogens with one attached hydrogen (secondary N) is 1. The van der Waals surface area contributed by atoms with Gasteiger partial charge in [0.05, 0.1) is 0 Å². The van der Waals surface area contributed by atoms with Crippen LogP contribution in [0.5, 0.6) is 0 Å². The Hall–Kier alpha value is -0.490. The van der Waals surface area contributed by atoms with Gasteiger partial charge in [0.25, 0.3) is 0 Å². The average Bonchev–Trinajstić information content (AvgIpc) is 2.65. The SMILES string of the molecule is Nc1cc(Br)nc(NCC2CCCS2)n1. The van der Waals surface area contributed by atoms with Crippen LogP contribution in [0.15, 0.2) is 10.7 Å². The lowest BCUT2D eigenvalue weighted by atomic mass is 10.2. The summed E-state index contributed by atoms with van der Waals surface area (Å²) in [4.78, 5) is 8.31. The van der Waals surface area contributed by atoms with Gasteiger partial charge in [-0.05, 0) is 34.5 Å². The molecule has 0 aromatic carbocycles. The fourth-order valence-electron chi connectivity index (χ4n) is 1.52. The molecule has 1 atom stereocenters. The zero-order chi connectivity index (χ0) is 10.7. The Morgan fingerprint density at radius 1 is 1.60 bits per heavy atom. The lowest BCUT2D eigenvalue weighted by Crippen LogP contribution is -2.15. The highest BCUT2D eigenvalue weighted by Gasteiger charge is 2.15. The minimum absolute atomic E-state index is 0.485. The van der Waals surface area contributed by atoms with Crippen molar-refractivity contribution in [2.24, 2.45) is 0 Å². The molecule has 1 unspecified atom stereocenters. The molecule has 1 aromatic heterocycles. The number of rotatable bonds is 3. The summed E-state index contributed by atoms with van der Waals surface area (Å²) in [7, 11) is 0. The van der Waals surface area contributed by atoms with Crippen molar-refractivity contribution in [3.8, 4) is 0 Å². The van der Waals surface area contributed by atoms with Crippen molar-refractivity contribution >= 4 is 39.5 Å². The molecule has 6 heteroatoms. The summed E-state index contributed by atoms with van der Waals surface area (Å²) in [5, 5.41) is 3.90. The maximum Gasteiger partial charge on any atom is 0.225 e. The molecule has 1 aliphatic heterocycles. The lowest BCUT2D eigenvalue weighted by Gasteiger charge is -2.10. The van der Waals surface area contributed by atoms with Gasteiger partial charge in [-0.3, -0.25) is 0 Å². The minimum atomic E-state index is 0.485. The monoisotopic (exact) mass is 288 g/mol. The van der Waals surface area contributed by atoms with E-state index in [4.69, 9.17) is 5.73 Å². The molecule has 0 amide bonds. The van der Waals surface area contributed by atoms with E-state index in [9.17, 15) is 0 Å². The molecule has 0 aliphatic carbocycles. The Morgan fingerprint density at radius 2 is 2.47 bits per heavy atom. The van der Waals surface area contributed by atoms with Gasteiger partial charge in [-0.1, -0.05) is 0 Å². The summed E-state index contributed by atoms with van der Waals surface area (Å²) in [5.41, 5.74) is 5.62. The summed E-state index contributed by atoms with van der Waals surface area (Å²) in [6.07, 6.45) is 2.60. The Balaban J connectivity index is 1.92. The molecular formula is C9H13BrN4S. The summed E-state index contributed by atoms with van der Waals surface area (Å²) in [6, 6.07) is 1.69. The van der Waals surface area contributed by atoms with E-state index in [2.05, 4.69) is 31.2 Å². The smallest absolute Gasteiger partial charge is 0.225 e. The number of hydrogen-bond acceptors (Lipinski definition) is 5. The van der Waals surface area contributed by atoms with Crippen LogP contribution in [0.3, 0.4) is 0 Å². The van der Waals surface area contributed by atoms with Gasteiger partial charge in [0.15, 0.2) is 0 Å². The molecule has 0 saturated carbocycles. The van der Waals surface area contributed by atoms with E-state index < -0.39 is 0 Å². The molecule has 1 fully saturated rings. The number of nitrogens with two attached hydrogens (primary N) is 1. The second kappa shape index (κ2) is 5.03.